The van der Waals surface area contributed by atoms with Gasteiger partial charge in [-0.1, -0.05) is 66.7 Å². The number of esters is 1. The Morgan fingerprint density at radius 3 is 2.82 bits per heavy atom. The van der Waals surface area contributed by atoms with Crippen LogP contribution in [0.25, 0.3) is 10.9 Å². The van der Waals surface area contributed by atoms with Crippen LogP contribution in [0, 0.1) is 0 Å². The molecule has 1 unspecified atom stereocenters. The Morgan fingerprint density at radius 2 is 2.00 bits per heavy atom. The van der Waals surface area contributed by atoms with Crippen LogP contribution in [0.4, 0.5) is 5.95 Å². The summed E-state index contributed by atoms with van der Waals surface area (Å²) < 4.78 is 7.33. The van der Waals surface area contributed by atoms with Gasteiger partial charge < -0.3 is 15.0 Å². The molecule has 5 rings (SSSR count). The minimum atomic E-state index is -0.473. The highest BCUT2D eigenvalue weighted by atomic mass is 35.5. The molecule has 0 saturated heterocycles. The monoisotopic (exact) mass is 493 g/mol. The van der Waals surface area contributed by atoms with Crippen LogP contribution < -0.4 is 5.32 Å². The maximum atomic E-state index is 13.2. The molecular weight excluding hydrogens is 470 g/mol. The van der Waals surface area contributed by atoms with E-state index in [1.165, 1.54) is 11.8 Å². The predicted octanol–water partition coefficient (Wildman–Crippen LogP) is 5.95. The van der Waals surface area contributed by atoms with Gasteiger partial charge in [-0.05, 0) is 31.0 Å². The number of para-hydroxylation sites is 1. The topological polar surface area (TPSA) is 84.8 Å². The smallest absolute Gasteiger partial charge is 0.338 e. The largest absolute Gasteiger partial charge is 0.462 e. The zero-order chi connectivity index (χ0) is 23.7. The molecule has 2 N–H and O–H groups in total. The normalized spacial score (nSPS) is 15.3. The zero-order valence-electron chi connectivity index (χ0n) is 18.8. The standard InChI is InChI=1S/C25H24ClN5O2S/c1-3-12-33-23(32)21-15(2)28-24-29-25(34-14-16-8-4-6-10-19(16)26)30-31(24)22(21)18-13-27-20-11-7-5-9-17(18)20/h4-11,13,22,27H,3,12,14H2,1-2H3,(H,28,29,30). The Kier molecular flexibility index (Phi) is 6.34. The molecule has 2 aromatic carbocycles. The van der Waals surface area contributed by atoms with E-state index >= 15 is 0 Å². The van der Waals surface area contributed by atoms with Gasteiger partial charge >= 0.3 is 5.97 Å². The second kappa shape index (κ2) is 9.56. The molecule has 0 fully saturated rings. The lowest BCUT2D eigenvalue weighted by Gasteiger charge is -2.27. The maximum Gasteiger partial charge on any atom is 0.338 e. The second-order valence-corrected chi connectivity index (χ2v) is 9.38. The number of aromatic amines is 1. The highest BCUT2D eigenvalue weighted by Crippen LogP contribution is 2.39. The molecule has 0 spiro atoms. The molecule has 9 heteroatoms. The van der Waals surface area contributed by atoms with Crippen LogP contribution in [0.3, 0.4) is 0 Å². The van der Waals surface area contributed by atoms with Crippen molar-refractivity contribution in [2.75, 3.05) is 11.9 Å². The number of rotatable bonds is 7. The van der Waals surface area contributed by atoms with Crippen LogP contribution in [0.2, 0.25) is 5.02 Å². The van der Waals surface area contributed by atoms with Crippen molar-refractivity contribution in [3.8, 4) is 0 Å². The van der Waals surface area contributed by atoms with Gasteiger partial charge in [-0.15, -0.1) is 5.10 Å². The summed E-state index contributed by atoms with van der Waals surface area (Å²) in [6.07, 6.45) is 2.68. The second-order valence-electron chi connectivity index (χ2n) is 8.03. The number of fused-ring (bicyclic) bond motifs is 2. The van der Waals surface area contributed by atoms with Crippen LogP contribution in [0.5, 0.6) is 0 Å². The number of carbonyl (C=O) groups excluding carboxylic acids is 1. The number of halogens is 1. The lowest BCUT2D eigenvalue weighted by atomic mass is 9.95. The summed E-state index contributed by atoms with van der Waals surface area (Å²) in [5, 5.41) is 10.4. The van der Waals surface area contributed by atoms with E-state index in [0.717, 1.165) is 28.5 Å². The number of benzene rings is 2. The first-order chi connectivity index (χ1) is 16.6. The fraction of sp³-hybridized carbons (Fsp3) is 0.240. The average molecular weight is 494 g/mol. The number of hydrogen-bond acceptors (Lipinski definition) is 6. The predicted molar refractivity (Wildman–Crippen MR) is 135 cm³/mol. The average Bonchev–Trinajstić information content (AvgIpc) is 3.45. The van der Waals surface area contributed by atoms with Gasteiger partial charge in [-0.25, -0.2) is 9.48 Å². The lowest BCUT2D eigenvalue weighted by molar-refractivity contribution is -0.139. The summed E-state index contributed by atoms with van der Waals surface area (Å²) >= 11 is 7.82. The summed E-state index contributed by atoms with van der Waals surface area (Å²) in [7, 11) is 0. The number of thioether (sulfide) groups is 1. The molecule has 1 atom stereocenters. The summed E-state index contributed by atoms with van der Waals surface area (Å²) in [6.45, 7) is 4.21. The van der Waals surface area contributed by atoms with Crippen molar-refractivity contribution in [1.82, 2.24) is 19.7 Å². The molecule has 2 aromatic heterocycles. The molecule has 1 aliphatic rings. The van der Waals surface area contributed by atoms with E-state index in [4.69, 9.17) is 26.4 Å². The number of hydrogen-bond donors (Lipinski definition) is 2. The maximum absolute atomic E-state index is 13.2. The molecule has 0 saturated carbocycles. The Hall–Kier alpha value is -3.23. The number of ether oxygens (including phenoxy) is 1. The van der Waals surface area contributed by atoms with Gasteiger partial charge in [0.2, 0.25) is 11.1 Å². The van der Waals surface area contributed by atoms with Crippen LogP contribution in [0.15, 0.2) is 71.2 Å². The Morgan fingerprint density at radius 1 is 1.21 bits per heavy atom. The van der Waals surface area contributed by atoms with Gasteiger partial charge in [0.25, 0.3) is 0 Å². The quantitative estimate of drug-likeness (QED) is 0.244. The first kappa shape index (κ1) is 22.6. The molecule has 0 radical (unpaired) electrons. The molecule has 7 nitrogen and oxygen atoms in total. The van der Waals surface area contributed by atoms with E-state index in [1.807, 2.05) is 68.6 Å². The van der Waals surface area contributed by atoms with Gasteiger partial charge in [-0.2, -0.15) is 4.98 Å². The van der Waals surface area contributed by atoms with E-state index in [0.29, 0.717) is 39.8 Å². The molecular formula is C25H24ClN5O2S. The van der Waals surface area contributed by atoms with Crippen LogP contribution in [0.1, 0.15) is 37.4 Å². The molecule has 3 heterocycles. The van der Waals surface area contributed by atoms with Crippen molar-refractivity contribution in [3.05, 3.63) is 82.1 Å². The van der Waals surface area contributed by atoms with Crippen LogP contribution in [-0.2, 0) is 15.3 Å². The highest BCUT2D eigenvalue weighted by Gasteiger charge is 2.36. The lowest BCUT2D eigenvalue weighted by Crippen LogP contribution is -2.29. The number of nitrogens with zero attached hydrogens (tertiary/aromatic N) is 3. The summed E-state index contributed by atoms with van der Waals surface area (Å²) in [6, 6.07) is 15.3. The Balaban J connectivity index is 1.55. The first-order valence-electron chi connectivity index (χ1n) is 11.1. The van der Waals surface area contributed by atoms with Crippen molar-refractivity contribution >= 4 is 46.2 Å². The van der Waals surface area contributed by atoms with Crippen LogP contribution >= 0.6 is 23.4 Å². The van der Waals surface area contributed by atoms with Crippen LogP contribution in [-0.4, -0.2) is 32.3 Å². The minimum absolute atomic E-state index is 0.353. The molecule has 0 amide bonds. The van der Waals surface area contributed by atoms with Gasteiger partial charge in [0.05, 0.1) is 12.2 Å². The SMILES string of the molecule is CCCOC(=O)C1=C(C)Nc2nc(SCc3ccccc3Cl)nn2C1c1c[nH]c2ccccc12. The number of allylic oxidation sites excluding steroid dienone is 1. The third kappa shape index (κ3) is 4.19. The van der Waals surface area contributed by atoms with E-state index < -0.39 is 6.04 Å². The molecule has 0 aliphatic carbocycles. The Bertz CT molecular complexity index is 1390. The van der Waals surface area contributed by atoms with Gasteiger partial charge in [0, 0.05) is 39.1 Å². The van der Waals surface area contributed by atoms with Crippen molar-refractivity contribution in [2.24, 2.45) is 0 Å². The molecule has 0 bridgehead atoms. The fourth-order valence-electron chi connectivity index (χ4n) is 4.09. The summed E-state index contributed by atoms with van der Waals surface area (Å²) in [5.41, 5.74) is 4.18. The summed E-state index contributed by atoms with van der Waals surface area (Å²) in [4.78, 5) is 21.2. The molecule has 1 aliphatic heterocycles. The third-order valence-electron chi connectivity index (χ3n) is 5.72. The summed E-state index contributed by atoms with van der Waals surface area (Å²) in [5.74, 6) is 0.869. The number of nitrogens with one attached hydrogen (secondary N) is 2. The van der Waals surface area contributed by atoms with Crippen molar-refractivity contribution < 1.29 is 9.53 Å². The molecule has 4 aromatic rings. The van der Waals surface area contributed by atoms with E-state index in [9.17, 15) is 4.79 Å². The number of H-pyrrole nitrogens is 1. The van der Waals surface area contributed by atoms with E-state index in [2.05, 4.69) is 10.3 Å². The number of anilines is 1. The van der Waals surface area contributed by atoms with Crippen molar-refractivity contribution in [1.29, 1.82) is 0 Å². The van der Waals surface area contributed by atoms with Crippen molar-refractivity contribution in [3.63, 3.8) is 0 Å². The van der Waals surface area contributed by atoms with E-state index in [-0.39, 0.29) is 5.97 Å². The Labute approximate surface area is 206 Å². The third-order valence-corrected chi connectivity index (χ3v) is 6.98. The number of aromatic nitrogens is 4. The number of carbonyl (C=O) groups is 1. The zero-order valence-corrected chi connectivity index (χ0v) is 20.4. The molecule has 34 heavy (non-hydrogen) atoms. The van der Waals surface area contributed by atoms with Gasteiger partial charge in [0.1, 0.15) is 6.04 Å². The van der Waals surface area contributed by atoms with Crippen molar-refractivity contribution in [2.45, 2.75) is 37.2 Å². The van der Waals surface area contributed by atoms with E-state index in [1.54, 1.807) is 4.68 Å². The minimum Gasteiger partial charge on any atom is -0.462 e. The van der Waals surface area contributed by atoms with Gasteiger partial charge in [-0.3, -0.25) is 0 Å². The fourth-order valence-corrected chi connectivity index (χ4v) is 5.21. The molecule has 174 valence electrons. The first-order valence-corrected chi connectivity index (χ1v) is 12.5. The highest BCUT2D eigenvalue weighted by molar-refractivity contribution is 7.98. The van der Waals surface area contributed by atoms with Gasteiger partial charge in [0.15, 0.2) is 0 Å².